The molecular weight excluding hydrogens is 178 g/mol. The van der Waals surface area contributed by atoms with Crippen molar-refractivity contribution in [3.8, 4) is 0 Å². The fourth-order valence-corrected chi connectivity index (χ4v) is 1.40. The molecule has 0 aromatic carbocycles. The lowest BCUT2D eigenvalue weighted by Gasteiger charge is -2.02. The quantitative estimate of drug-likeness (QED) is 0.680. The summed E-state index contributed by atoms with van der Waals surface area (Å²) >= 11 is 0. The standard InChI is InChI=1S/C9H13N5/c1-10-12-6-8-13-7-4-3-5-11-9(7)14(8)2/h3-5,10,12H,6H2,1-2H3. The summed E-state index contributed by atoms with van der Waals surface area (Å²) in [5, 5.41) is 0. The van der Waals surface area contributed by atoms with Gasteiger partial charge in [-0.15, -0.1) is 0 Å². The van der Waals surface area contributed by atoms with Crippen molar-refractivity contribution in [2.75, 3.05) is 7.05 Å². The van der Waals surface area contributed by atoms with Crippen molar-refractivity contribution in [1.82, 2.24) is 25.4 Å². The zero-order valence-electron chi connectivity index (χ0n) is 8.28. The number of nitrogens with zero attached hydrogens (tertiary/aromatic N) is 3. The molecule has 2 aromatic heterocycles. The summed E-state index contributed by atoms with van der Waals surface area (Å²) in [6, 6.07) is 3.86. The van der Waals surface area contributed by atoms with E-state index in [-0.39, 0.29) is 0 Å². The van der Waals surface area contributed by atoms with Crippen molar-refractivity contribution in [2.45, 2.75) is 6.54 Å². The monoisotopic (exact) mass is 191 g/mol. The summed E-state index contributed by atoms with van der Waals surface area (Å²) < 4.78 is 1.99. The van der Waals surface area contributed by atoms with E-state index in [0.717, 1.165) is 17.0 Å². The summed E-state index contributed by atoms with van der Waals surface area (Å²) in [5.74, 6) is 0.966. The number of pyridine rings is 1. The molecule has 2 aromatic rings. The fourth-order valence-electron chi connectivity index (χ4n) is 1.40. The Kier molecular flexibility index (Phi) is 2.43. The predicted octanol–water partition coefficient (Wildman–Crippen LogP) is 0.192. The van der Waals surface area contributed by atoms with Crippen LogP contribution in [0.15, 0.2) is 18.3 Å². The van der Waals surface area contributed by atoms with E-state index in [9.17, 15) is 0 Å². The first-order valence-corrected chi connectivity index (χ1v) is 4.49. The number of aromatic nitrogens is 3. The average molecular weight is 191 g/mol. The number of rotatable bonds is 3. The molecule has 0 radical (unpaired) electrons. The van der Waals surface area contributed by atoms with Gasteiger partial charge < -0.3 is 4.57 Å². The highest BCUT2D eigenvalue weighted by Crippen LogP contribution is 2.10. The van der Waals surface area contributed by atoms with Gasteiger partial charge in [0.05, 0.1) is 6.54 Å². The van der Waals surface area contributed by atoms with E-state index in [1.54, 1.807) is 6.20 Å². The van der Waals surface area contributed by atoms with E-state index in [1.165, 1.54) is 0 Å². The molecule has 0 saturated heterocycles. The Morgan fingerprint density at radius 2 is 2.36 bits per heavy atom. The molecule has 0 saturated carbocycles. The molecule has 0 spiro atoms. The molecule has 0 aliphatic carbocycles. The lowest BCUT2D eigenvalue weighted by atomic mass is 10.4. The van der Waals surface area contributed by atoms with Crippen LogP contribution in [0.5, 0.6) is 0 Å². The number of hydrogen-bond acceptors (Lipinski definition) is 4. The summed E-state index contributed by atoms with van der Waals surface area (Å²) in [5.41, 5.74) is 7.72. The minimum absolute atomic E-state index is 0.684. The number of fused-ring (bicyclic) bond motifs is 1. The fraction of sp³-hybridized carbons (Fsp3) is 0.333. The Balaban J connectivity index is 2.41. The van der Waals surface area contributed by atoms with Crippen LogP contribution in [0.3, 0.4) is 0 Å². The van der Waals surface area contributed by atoms with Crippen molar-refractivity contribution < 1.29 is 0 Å². The van der Waals surface area contributed by atoms with Crippen LogP contribution in [0.1, 0.15) is 5.82 Å². The second-order valence-corrected chi connectivity index (χ2v) is 3.04. The topological polar surface area (TPSA) is 54.8 Å². The maximum absolute atomic E-state index is 4.45. The van der Waals surface area contributed by atoms with Gasteiger partial charge in [0.15, 0.2) is 5.65 Å². The molecule has 0 aliphatic rings. The molecule has 0 fully saturated rings. The molecule has 0 amide bonds. The lowest BCUT2D eigenvalue weighted by Crippen LogP contribution is -2.27. The number of nitrogens with one attached hydrogen (secondary N) is 2. The number of aryl methyl sites for hydroxylation is 1. The van der Waals surface area contributed by atoms with Gasteiger partial charge in [-0.3, -0.25) is 10.9 Å². The van der Waals surface area contributed by atoms with Crippen LogP contribution in [0.4, 0.5) is 0 Å². The average Bonchev–Trinajstić information content (AvgIpc) is 2.54. The van der Waals surface area contributed by atoms with Gasteiger partial charge in [-0.05, 0) is 19.2 Å². The minimum atomic E-state index is 0.684. The molecule has 2 N–H and O–H groups in total. The van der Waals surface area contributed by atoms with E-state index in [0.29, 0.717) is 6.54 Å². The van der Waals surface area contributed by atoms with Crippen LogP contribution >= 0.6 is 0 Å². The molecule has 0 bridgehead atoms. The first-order valence-electron chi connectivity index (χ1n) is 4.49. The summed E-state index contributed by atoms with van der Waals surface area (Å²) in [7, 11) is 3.80. The SMILES string of the molecule is CNNCc1nc2cccnc2n1C. The Bertz CT molecular complexity index is 434. The van der Waals surface area contributed by atoms with Gasteiger partial charge >= 0.3 is 0 Å². The highest BCUT2D eigenvalue weighted by molar-refractivity contribution is 5.70. The largest absolute Gasteiger partial charge is 0.315 e. The molecule has 5 nitrogen and oxygen atoms in total. The second-order valence-electron chi connectivity index (χ2n) is 3.04. The molecule has 5 heteroatoms. The van der Waals surface area contributed by atoms with Gasteiger partial charge in [0, 0.05) is 13.2 Å². The van der Waals surface area contributed by atoms with Crippen LogP contribution in [0.25, 0.3) is 11.2 Å². The Morgan fingerprint density at radius 1 is 1.50 bits per heavy atom. The molecule has 2 rings (SSSR count). The summed E-state index contributed by atoms with van der Waals surface area (Å²) in [6.07, 6.45) is 1.78. The van der Waals surface area contributed by atoms with Crippen LogP contribution in [-0.2, 0) is 13.6 Å². The highest BCUT2D eigenvalue weighted by Gasteiger charge is 2.06. The Labute approximate surface area is 82.1 Å². The normalized spacial score (nSPS) is 11.0. The van der Waals surface area contributed by atoms with Crippen molar-refractivity contribution in [1.29, 1.82) is 0 Å². The molecule has 14 heavy (non-hydrogen) atoms. The van der Waals surface area contributed by atoms with E-state index in [2.05, 4.69) is 20.8 Å². The molecule has 2 heterocycles. The summed E-state index contributed by atoms with van der Waals surface area (Å²) in [4.78, 5) is 8.71. The highest BCUT2D eigenvalue weighted by atomic mass is 15.3. The number of hydrogen-bond donors (Lipinski definition) is 2. The minimum Gasteiger partial charge on any atom is -0.315 e. The third-order valence-electron chi connectivity index (χ3n) is 2.14. The Morgan fingerprint density at radius 3 is 3.07 bits per heavy atom. The molecule has 74 valence electrons. The second kappa shape index (κ2) is 3.73. The van der Waals surface area contributed by atoms with Gasteiger partial charge in [-0.2, -0.15) is 0 Å². The first-order chi connectivity index (χ1) is 6.83. The van der Waals surface area contributed by atoms with Crippen LogP contribution in [0, 0.1) is 0 Å². The zero-order valence-corrected chi connectivity index (χ0v) is 8.28. The number of hydrazine groups is 1. The molecule has 0 aliphatic heterocycles. The maximum Gasteiger partial charge on any atom is 0.159 e. The first kappa shape index (κ1) is 9.11. The number of imidazole rings is 1. The van der Waals surface area contributed by atoms with Gasteiger partial charge in [0.2, 0.25) is 0 Å². The van der Waals surface area contributed by atoms with Crippen LogP contribution < -0.4 is 10.9 Å². The van der Waals surface area contributed by atoms with E-state index < -0.39 is 0 Å². The van der Waals surface area contributed by atoms with Crippen molar-refractivity contribution in [3.63, 3.8) is 0 Å². The van der Waals surface area contributed by atoms with Gasteiger partial charge in [-0.1, -0.05) is 0 Å². The van der Waals surface area contributed by atoms with Crippen molar-refractivity contribution in [3.05, 3.63) is 24.2 Å². The van der Waals surface area contributed by atoms with E-state index >= 15 is 0 Å². The van der Waals surface area contributed by atoms with Crippen LogP contribution in [0.2, 0.25) is 0 Å². The third kappa shape index (κ3) is 1.47. The van der Waals surface area contributed by atoms with Crippen molar-refractivity contribution >= 4 is 11.2 Å². The maximum atomic E-state index is 4.45. The van der Waals surface area contributed by atoms with Gasteiger partial charge in [-0.25, -0.2) is 9.97 Å². The lowest BCUT2D eigenvalue weighted by molar-refractivity contribution is 0.567. The van der Waals surface area contributed by atoms with E-state index in [1.807, 2.05) is 30.8 Å². The van der Waals surface area contributed by atoms with Crippen LogP contribution in [-0.4, -0.2) is 21.6 Å². The third-order valence-corrected chi connectivity index (χ3v) is 2.14. The van der Waals surface area contributed by atoms with Gasteiger partial charge in [0.1, 0.15) is 11.3 Å². The molecular formula is C9H13N5. The Hall–Kier alpha value is -1.46. The van der Waals surface area contributed by atoms with Gasteiger partial charge in [0.25, 0.3) is 0 Å². The van der Waals surface area contributed by atoms with Crippen molar-refractivity contribution in [2.24, 2.45) is 7.05 Å². The summed E-state index contributed by atoms with van der Waals surface area (Å²) in [6.45, 7) is 0.684. The predicted molar refractivity (Wildman–Crippen MR) is 54.4 cm³/mol. The zero-order chi connectivity index (χ0) is 9.97. The molecule has 0 atom stereocenters. The smallest absolute Gasteiger partial charge is 0.159 e. The van der Waals surface area contributed by atoms with E-state index in [4.69, 9.17) is 0 Å². The molecule has 0 unspecified atom stereocenters.